The van der Waals surface area contributed by atoms with Gasteiger partial charge in [-0.1, -0.05) is 31.5 Å². The maximum Gasteiger partial charge on any atom is 0.255 e. The molecule has 104 valence electrons. The van der Waals surface area contributed by atoms with Gasteiger partial charge in [0, 0.05) is 11.3 Å². The number of hydrogen-bond acceptors (Lipinski definition) is 2. The minimum Gasteiger partial charge on any atom is -0.508 e. The molecule has 3 nitrogen and oxygen atoms in total. The monoisotopic (exact) mass is 269 g/mol. The molecule has 2 rings (SSSR count). The third-order valence-electron chi connectivity index (χ3n) is 3.24. The van der Waals surface area contributed by atoms with Crippen LogP contribution in [0.3, 0.4) is 0 Å². The van der Waals surface area contributed by atoms with Crippen LogP contribution in [0.1, 0.15) is 34.8 Å². The summed E-state index contributed by atoms with van der Waals surface area (Å²) in [4.78, 5) is 12.3. The molecule has 2 aromatic rings. The van der Waals surface area contributed by atoms with Gasteiger partial charge in [-0.15, -0.1) is 0 Å². The molecule has 0 aromatic heterocycles. The number of hydrogen-bond donors (Lipinski definition) is 2. The fourth-order valence-corrected chi connectivity index (χ4v) is 2.22. The lowest BCUT2D eigenvalue weighted by atomic mass is 10.1. The van der Waals surface area contributed by atoms with Crippen LogP contribution in [-0.2, 0) is 6.42 Å². The molecule has 0 saturated heterocycles. The summed E-state index contributed by atoms with van der Waals surface area (Å²) in [7, 11) is 0. The molecule has 0 aliphatic heterocycles. The van der Waals surface area contributed by atoms with Crippen molar-refractivity contribution in [3.63, 3.8) is 0 Å². The van der Waals surface area contributed by atoms with E-state index >= 15 is 0 Å². The second-order valence-electron chi connectivity index (χ2n) is 4.86. The quantitative estimate of drug-likeness (QED) is 0.884. The van der Waals surface area contributed by atoms with Gasteiger partial charge in [-0.25, -0.2) is 0 Å². The topological polar surface area (TPSA) is 49.3 Å². The number of phenolic OH excluding ortho intramolecular Hbond substituents is 1. The van der Waals surface area contributed by atoms with Crippen LogP contribution >= 0.6 is 0 Å². The molecule has 0 aliphatic carbocycles. The molecule has 0 fully saturated rings. The number of aryl methyl sites for hydroxylation is 2. The zero-order valence-corrected chi connectivity index (χ0v) is 11.8. The van der Waals surface area contributed by atoms with Gasteiger partial charge in [0.15, 0.2) is 0 Å². The van der Waals surface area contributed by atoms with Gasteiger partial charge in [0.1, 0.15) is 5.75 Å². The highest BCUT2D eigenvalue weighted by Gasteiger charge is 2.11. The van der Waals surface area contributed by atoms with Crippen molar-refractivity contribution < 1.29 is 9.90 Å². The molecule has 3 heteroatoms. The zero-order chi connectivity index (χ0) is 14.5. The van der Waals surface area contributed by atoms with Crippen LogP contribution in [0.4, 0.5) is 5.69 Å². The van der Waals surface area contributed by atoms with Crippen molar-refractivity contribution >= 4 is 11.6 Å². The van der Waals surface area contributed by atoms with Gasteiger partial charge in [0.2, 0.25) is 0 Å². The van der Waals surface area contributed by atoms with E-state index < -0.39 is 0 Å². The zero-order valence-electron chi connectivity index (χ0n) is 11.8. The first kappa shape index (κ1) is 14.1. The summed E-state index contributed by atoms with van der Waals surface area (Å²) in [6, 6.07) is 12.6. The Morgan fingerprint density at radius 3 is 2.65 bits per heavy atom. The number of benzene rings is 2. The third kappa shape index (κ3) is 3.18. The Morgan fingerprint density at radius 2 is 1.95 bits per heavy atom. The van der Waals surface area contributed by atoms with E-state index in [0.717, 1.165) is 29.7 Å². The molecule has 0 atom stereocenters. The molecule has 0 radical (unpaired) electrons. The summed E-state index contributed by atoms with van der Waals surface area (Å²) >= 11 is 0. The number of para-hydroxylation sites is 1. The highest BCUT2D eigenvalue weighted by molar-refractivity contribution is 6.05. The molecule has 0 spiro atoms. The number of rotatable bonds is 4. The van der Waals surface area contributed by atoms with Gasteiger partial charge >= 0.3 is 0 Å². The summed E-state index contributed by atoms with van der Waals surface area (Å²) in [5.41, 5.74) is 3.33. The maximum absolute atomic E-state index is 12.3. The number of amides is 1. The molecule has 0 unspecified atom stereocenters. The number of nitrogens with one attached hydrogen (secondary N) is 1. The molecule has 0 saturated carbocycles. The first-order chi connectivity index (χ1) is 9.61. The van der Waals surface area contributed by atoms with Gasteiger partial charge in [-0.05, 0) is 48.7 Å². The first-order valence-corrected chi connectivity index (χ1v) is 6.80. The number of anilines is 1. The second kappa shape index (κ2) is 6.24. The first-order valence-electron chi connectivity index (χ1n) is 6.80. The third-order valence-corrected chi connectivity index (χ3v) is 3.24. The minimum atomic E-state index is -0.147. The summed E-state index contributed by atoms with van der Waals surface area (Å²) < 4.78 is 0. The Morgan fingerprint density at radius 1 is 1.20 bits per heavy atom. The van der Waals surface area contributed by atoms with E-state index in [1.54, 1.807) is 12.1 Å². The van der Waals surface area contributed by atoms with Crippen LogP contribution < -0.4 is 5.32 Å². The SMILES string of the molecule is CCCc1ccccc1NC(=O)c1ccc(O)cc1C. The van der Waals surface area contributed by atoms with Gasteiger partial charge in [-0.3, -0.25) is 4.79 Å². The van der Waals surface area contributed by atoms with Gasteiger partial charge in [-0.2, -0.15) is 0 Å². The van der Waals surface area contributed by atoms with Crippen molar-refractivity contribution in [3.05, 3.63) is 59.2 Å². The highest BCUT2D eigenvalue weighted by atomic mass is 16.3. The van der Waals surface area contributed by atoms with Gasteiger partial charge in [0.05, 0.1) is 0 Å². The Kier molecular flexibility index (Phi) is 4.41. The van der Waals surface area contributed by atoms with E-state index in [1.807, 2.05) is 31.2 Å². The van der Waals surface area contributed by atoms with Crippen molar-refractivity contribution in [2.45, 2.75) is 26.7 Å². The van der Waals surface area contributed by atoms with Gasteiger partial charge < -0.3 is 10.4 Å². The lowest BCUT2D eigenvalue weighted by Crippen LogP contribution is -2.14. The Labute approximate surface area is 119 Å². The van der Waals surface area contributed by atoms with Crippen LogP contribution in [0.5, 0.6) is 5.75 Å². The average molecular weight is 269 g/mol. The maximum atomic E-state index is 12.3. The highest BCUT2D eigenvalue weighted by Crippen LogP contribution is 2.20. The van der Waals surface area contributed by atoms with E-state index in [1.165, 1.54) is 6.07 Å². The Balaban J connectivity index is 2.23. The Hall–Kier alpha value is -2.29. The normalized spacial score (nSPS) is 10.3. The predicted octanol–water partition coefficient (Wildman–Crippen LogP) is 3.91. The summed E-state index contributed by atoms with van der Waals surface area (Å²) in [5, 5.41) is 12.3. The van der Waals surface area contributed by atoms with E-state index in [2.05, 4.69) is 12.2 Å². The molecule has 0 aliphatic rings. The Bertz CT molecular complexity index is 620. The summed E-state index contributed by atoms with van der Waals surface area (Å²) in [6.45, 7) is 3.93. The number of aromatic hydroxyl groups is 1. The molecular formula is C17H19NO2. The standard InChI is InChI=1S/C17H19NO2/c1-3-6-13-7-4-5-8-16(13)18-17(20)15-10-9-14(19)11-12(15)2/h4-5,7-11,19H,3,6H2,1-2H3,(H,18,20). The lowest BCUT2D eigenvalue weighted by Gasteiger charge is -2.11. The van der Waals surface area contributed by atoms with E-state index in [0.29, 0.717) is 5.56 Å². The molecule has 20 heavy (non-hydrogen) atoms. The molecule has 0 bridgehead atoms. The largest absolute Gasteiger partial charge is 0.508 e. The fraction of sp³-hybridized carbons (Fsp3) is 0.235. The minimum absolute atomic E-state index is 0.147. The second-order valence-corrected chi connectivity index (χ2v) is 4.86. The van der Waals surface area contributed by atoms with Crippen LogP contribution in [0.2, 0.25) is 0 Å². The average Bonchev–Trinajstić information content (AvgIpc) is 2.41. The van der Waals surface area contributed by atoms with Crippen LogP contribution in [-0.4, -0.2) is 11.0 Å². The van der Waals surface area contributed by atoms with Crippen molar-refractivity contribution in [1.82, 2.24) is 0 Å². The summed E-state index contributed by atoms with van der Waals surface area (Å²) in [5.74, 6) is 0.0245. The van der Waals surface area contributed by atoms with E-state index in [9.17, 15) is 9.90 Å². The van der Waals surface area contributed by atoms with Crippen molar-refractivity contribution in [2.75, 3.05) is 5.32 Å². The molecule has 0 heterocycles. The molecular weight excluding hydrogens is 250 g/mol. The number of carbonyl (C=O) groups is 1. The van der Waals surface area contributed by atoms with Gasteiger partial charge in [0.25, 0.3) is 5.91 Å². The fourth-order valence-electron chi connectivity index (χ4n) is 2.22. The van der Waals surface area contributed by atoms with Crippen LogP contribution in [0, 0.1) is 6.92 Å². The molecule has 1 amide bonds. The van der Waals surface area contributed by atoms with Crippen molar-refractivity contribution in [2.24, 2.45) is 0 Å². The lowest BCUT2D eigenvalue weighted by molar-refractivity contribution is 0.102. The molecule has 2 N–H and O–H groups in total. The van der Waals surface area contributed by atoms with E-state index in [-0.39, 0.29) is 11.7 Å². The van der Waals surface area contributed by atoms with Crippen LogP contribution in [0.25, 0.3) is 0 Å². The van der Waals surface area contributed by atoms with Crippen molar-refractivity contribution in [1.29, 1.82) is 0 Å². The predicted molar refractivity (Wildman–Crippen MR) is 81.2 cm³/mol. The smallest absolute Gasteiger partial charge is 0.255 e. The number of carbonyl (C=O) groups excluding carboxylic acids is 1. The van der Waals surface area contributed by atoms with E-state index in [4.69, 9.17) is 0 Å². The molecule has 2 aromatic carbocycles. The van der Waals surface area contributed by atoms with Crippen LogP contribution in [0.15, 0.2) is 42.5 Å². The van der Waals surface area contributed by atoms with Crippen molar-refractivity contribution in [3.8, 4) is 5.75 Å². The number of phenols is 1. The summed E-state index contributed by atoms with van der Waals surface area (Å²) in [6.07, 6.45) is 1.97.